The van der Waals surface area contributed by atoms with Gasteiger partial charge < -0.3 is 11.1 Å². The van der Waals surface area contributed by atoms with Gasteiger partial charge in [-0.25, -0.2) is 4.39 Å². The van der Waals surface area contributed by atoms with Gasteiger partial charge in [0.15, 0.2) is 0 Å². The quantitative estimate of drug-likeness (QED) is 0.852. The molecule has 1 unspecified atom stereocenters. The van der Waals surface area contributed by atoms with Crippen molar-refractivity contribution in [1.82, 2.24) is 0 Å². The van der Waals surface area contributed by atoms with Crippen LogP contribution in [-0.4, -0.2) is 5.91 Å². The largest absolute Gasteiger partial charge is 0.368 e. The van der Waals surface area contributed by atoms with E-state index in [0.29, 0.717) is 20.7 Å². The van der Waals surface area contributed by atoms with Gasteiger partial charge in [-0.3, -0.25) is 4.79 Å². The highest BCUT2D eigenvalue weighted by molar-refractivity contribution is 9.10. The number of hydrogen-bond acceptors (Lipinski definition) is 2. The molecule has 0 saturated carbocycles. The van der Waals surface area contributed by atoms with Crippen molar-refractivity contribution in [3.63, 3.8) is 0 Å². The standard InChI is InChI=1S/C15H13BrClFN2O/c1-15(14(19)21,12-7-4-10(18)8-13(12)16)20-11-5-2-9(17)3-6-11/h2-8,20H,1H3,(H2,19,21). The van der Waals surface area contributed by atoms with Crippen LogP contribution in [0.3, 0.4) is 0 Å². The van der Waals surface area contributed by atoms with Crippen molar-refractivity contribution in [3.05, 3.63) is 63.3 Å². The van der Waals surface area contributed by atoms with Gasteiger partial charge in [0.1, 0.15) is 11.4 Å². The highest BCUT2D eigenvalue weighted by Gasteiger charge is 2.35. The van der Waals surface area contributed by atoms with E-state index in [1.54, 1.807) is 31.2 Å². The fourth-order valence-corrected chi connectivity index (χ4v) is 2.85. The summed E-state index contributed by atoms with van der Waals surface area (Å²) in [5.41, 5.74) is 5.58. The molecular weight excluding hydrogens is 359 g/mol. The number of amides is 1. The minimum Gasteiger partial charge on any atom is -0.368 e. The van der Waals surface area contributed by atoms with Crippen LogP contribution < -0.4 is 11.1 Å². The highest BCUT2D eigenvalue weighted by Crippen LogP contribution is 2.32. The number of rotatable bonds is 4. The van der Waals surface area contributed by atoms with Crippen LogP contribution in [0.15, 0.2) is 46.9 Å². The predicted octanol–water partition coefficient (Wildman–Crippen LogP) is 4.05. The van der Waals surface area contributed by atoms with Crippen LogP contribution in [0.1, 0.15) is 12.5 Å². The Labute approximate surface area is 135 Å². The predicted molar refractivity (Wildman–Crippen MR) is 85.7 cm³/mol. The Bertz CT molecular complexity index is 678. The molecule has 0 saturated heterocycles. The maximum absolute atomic E-state index is 13.2. The monoisotopic (exact) mass is 370 g/mol. The average Bonchev–Trinajstić information content (AvgIpc) is 2.41. The number of carbonyl (C=O) groups excluding carboxylic acids is 1. The van der Waals surface area contributed by atoms with Crippen molar-refractivity contribution >= 4 is 39.1 Å². The normalized spacial score (nSPS) is 13.5. The van der Waals surface area contributed by atoms with E-state index in [4.69, 9.17) is 17.3 Å². The van der Waals surface area contributed by atoms with E-state index < -0.39 is 17.3 Å². The van der Waals surface area contributed by atoms with E-state index in [9.17, 15) is 9.18 Å². The Morgan fingerprint density at radius 2 is 1.90 bits per heavy atom. The zero-order valence-electron chi connectivity index (χ0n) is 11.2. The summed E-state index contributed by atoms with van der Waals surface area (Å²) in [5, 5.41) is 3.66. The summed E-state index contributed by atoms with van der Waals surface area (Å²) in [7, 11) is 0. The Kier molecular flexibility index (Phi) is 4.54. The molecule has 3 nitrogen and oxygen atoms in total. The molecule has 1 atom stereocenters. The number of carbonyl (C=O) groups is 1. The number of nitrogens with one attached hydrogen (secondary N) is 1. The van der Waals surface area contributed by atoms with Crippen LogP contribution in [0.4, 0.5) is 10.1 Å². The molecule has 110 valence electrons. The van der Waals surface area contributed by atoms with Crippen molar-refractivity contribution in [3.8, 4) is 0 Å². The Morgan fingerprint density at radius 3 is 2.43 bits per heavy atom. The Hall–Kier alpha value is -1.59. The van der Waals surface area contributed by atoms with Crippen LogP contribution in [0, 0.1) is 5.82 Å². The molecule has 1 amide bonds. The number of nitrogens with two attached hydrogens (primary N) is 1. The third kappa shape index (κ3) is 3.36. The highest BCUT2D eigenvalue weighted by atomic mass is 79.9. The van der Waals surface area contributed by atoms with Gasteiger partial charge in [-0.2, -0.15) is 0 Å². The Morgan fingerprint density at radius 1 is 1.29 bits per heavy atom. The topological polar surface area (TPSA) is 55.1 Å². The zero-order chi connectivity index (χ0) is 15.6. The van der Waals surface area contributed by atoms with Crippen molar-refractivity contribution in [2.24, 2.45) is 5.73 Å². The lowest BCUT2D eigenvalue weighted by molar-refractivity contribution is -0.122. The summed E-state index contributed by atoms with van der Waals surface area (Å²) in [5.74, 6) is -0.978. The molecule has 0 spiro atoms. The minimum atomic E-state index is -1.19. The summed E-state index contributed by atoms with van der Waals surface area (Å²) in [4.78, 5) is 11.9. The molecule has 0 aliphatic heterocycles. The summed E-state index contributed by atoms with van der Waals surface area (Å²) in [6, 6.07) is 11.0. The first-order chi connectivity index (χ1) is 9.83. The zero-order valence-corrected chi connectivity index (χ0v) is 13.5. The molecule has 0 radical (unpaired) electrons. The van der Waals surface area contributed by atoms with Crippen molar-refractivity contribution < 1.29 is 9.18 Å². The van der Waals surface area contributed by atoms with Crippen molar-refractivity contribution in [2.75, 3.05) is 5.32 Å². The van der Waals surface area contributed by atoms with Gasteiger partial charge in [-0.15, -0.1) is 0 Å². The van der Waals surface area contributed by atoms with Crippen LogP contribution in [0.2, 0.25) is 5.02 Å². The molecule has 0 aromatic heterocycles. The van der Waals surface area contributed by atoms with Crippen LogP contribution in [0.5, 0.6) is 0 Å². The third-order valence-electron chi connectivity index (χ3n) is 3.20. The first kappa shape index (κ1) is 15.8. The summed E-state index contributed by atoms with van der Waals surface area (Å²) in [6.45, 7) is 1.64. The molecule has 0 aliphatic carbocycles. The van der Waals surface area contributed by atoms with Gasteiger partial charge in [-0.05, 0) is 43.3 Å². The van der Waals surface area contributed by atoms with Gasteiger partial charge in [-0.1, -0.05) is 33.6 Å². The number of benzene rings is 2. The smallest absolute Gasteiger partial charge is 0.247 e. The second kappa shape index (κ2) is 6.03. The molecule has 2 aromatic rings. The minimum absolute atomic E-state index is 0.399. The van der Waals surface area contributed by atoms with E-state index in [1.165, 1.54) is 18.2 Å². The van der Waals surface area contributed by atoms with E-state index in [0.717, 1.165) is 0 Å². The molecule has 3 N–H and O–H groups in total. The lowest BCUT2D eigenvalue weighted by Gasteiger charge is -2.30. The van der Waals surface area contributed by atoms with Gasteiger partial charge in [0, 0.05) is 20.7 Å². The van der Waals surface area contributed by atoms with Crippen LogP contribution >= 0.6 is 27.5 Å². The van der Waals surface area contributed by atoms with Crippen LogP contribution in [-0.2, 0) is 10.3 Å². The first-order valence-electron chi connectivity index (χ1n) is 6.12. The molecule has 0 aliphatic rings. The number of hydrogen-bond donors (Lipinski definition) is 2. The molecular formula is C15H13BrClFN2O. The van der Waals surface area contributed by atoms with Gasteiger partial charge >= 0.3 is 0 Å². The maximum Gasteiger partial charge on any atom is 0.247 e. The fraction of sp³-hybridized carbons (Fsp3) is 0.133. The number of halogens is 3. The molecule has 2 aromatic carbocycles. The van der Waals surface area contributed by atoms with E-state index in [1.807, 2.05) is 0 Å². The molecule has 0 heterocycles. The van der Waals surface area contributed by atoms with E-state index in [2.05, 4.69) is 21.2 Å². The first-order valence-corrected chi connectivity index (χ1v) is 7.29. The maximum atomic E-state index is 13.2. The second-order valence-corrected chi connectivity index (χ2v) is 6.04. The molecule has 0 bridgehead atoms. The second-order valence-electron chi connectivity index (χ2n) is 4.75. The Balaban J connectivity index is 2.45. The van der Waals surface area contributed by atoms with Crippen molar-refractivity contribution in [2.45, 2.75) is 12.5 Å². The average molecular weight is 372 g/mol. The lowest BCUT2D eigenvalue weighted by Crippen LogP contribution is -2.45. The molecule has 6 heteroatoms. The number of anilines is 1. The third-order valence-corrected chi connectivity index (χ3v) is 4.11. The molecule has 21 heavy (non-hydrogen) atoms. The summed E-state index contributed by atoms with van der Waals surface area (Å²) < 4.78 is 13.7. The summed E-state index contributed by atoms with van der Waals surface area (Å²) in [6.07, 6.45) is 0. The van der Waals surface area contributed by atoms with Gasteiger partial charge in [0.2, 0.25) is 5.91 Å². The van der Waals surface area contributed by atoms with Crippen molar-refractivity contribution in [1.29, 1.82) is 0 Å². The number of primary amides is 1. The van der Waals surface area contributed by atoms with Gasteiger partial charge in [0.05, 0.1) is 0 Å². The van der Waals surface area contributed by atoms with E-state index >= 15 is 0 Å². The van der Waals surface area contributed by atoms with E-state index in [-0.39, 0.29) is 0 Å². The summed E-state index contributed by atoms with van der Waals surface area (Å²) >= 11 is 9.10. The fourth-order valence-electron chi connectivity index (χ4n) is 1.98. The molecule has 0 fully saturated rings. The molecule has 2 rings (SSSR count). The lowest BCUT2D eigenvalue weighted by atomic mass is 9.90. The van der Waals surface area contributed by atoms with Crippen LogP contribution in [0.25, 0.3) is 0 Å². The SMILES string of the molecule is CC(Nc1ccc(Cl)cc1)(C(N)=O)c1ccc(F)cc1Br. The van der Waals surface area contributed by atoms with Gasteiger partial charge in [0.25, 0.3) is 0 Å².